The van der Waals surface area contributed by atoms with Crippen molar-refractivity contribution in [3.05, 3.63) is 59.9 Å². The van der Waals surface area contributed by atoms with E-state index >= 15 is 0 Å². The first-order chi connectivity index (χ1) is 11.0. The molecule has 0 spiro atoms. The summed E-state index contributed by atoms with van der Waals surface area (Å²) >= 11 is 0. The number of hydrogen-bond donors (Lipinski definition) is 2. The van der Waals surface area contributed by atoms with Crippen molar-refractivity contribution in [3.8, 4) is 5.75 Å². The van der Waals surface area contributed by atoms with E-state index < -0.39 is 12.9 Å². The lowest BCUT2D eigenvalue weighted by Crippen LogP contribution is -2.36. The van der Waals surface area contributed by atoms with Gasteiger partial charge in [-0.2, -0.15) is 0 Å². The average molecular weight is 317 g/mol. The summed E-state index contributed by atoms with van der Waals surface area (Å²) in [5.74, 6) is -0.325. The average Bonchev–Trinajstić information content (AvgIpc) is 2.51. The van der Waals surface area contributed by atoms with Gasteiger partial charge in [0, 0.05) is 17.6 Å². The first-order valence-electron chi connectivity index (χ1n) is 7.46. The van der Waals surface area contributed by atoms with E-state index in [1.165, 1.54) is 23.8 Å². The largest absolute Gasteiger partial charge is 0.492 e. The summed E-state index contributed by atoms with van der Waals surface area (Å²) in [5, 5.41) is 18.0. The number of halogens is 1. The maximum atomic E-state index is 13.7. The molecule has 2 aromatic rings. The van der Waals surface area contributed by atoms with Crippen molar-refractivity contribution in [2.75, 3.05) is 20.7 Å². The fourth-order valence-electron chi connectivity index (χ4n) is 2.28. The van der Waals surface area contributed by atoms with Crippen molar-refractivity contribution in [2.24, 2.45) is 0 Å². The van der Waals surface area contributed by atoms with Gasteiger partial charge in [-0.15, -0.1) is 0 Å². The Hall–Kier alpha value is -1.89. The summed E-state index contributed by atoms with van der Waals surface area (Å²) in [4.78, 5) is 2.06. The van der Waals surface area contributed by atoms with Gasteiger partial charge in [0.25, 0.3) is 0 Å². The highest BCUT2D eigenvalue weighted by Crippen LogP contribution is 2.14. The number of ether oxygens (including phenoxy) is 1. The van der Waals surface area contributed by atoms with Crippen molar-refractivity contribution >= 4 is 12.6 Å². The van der Waals surface area contributed by atoms with Crippen LogP contribution in [0.5, 0.6) is 5.75 Å². The molecule has 6 heteroatoms. The van der Waals surface area contributed by atoms with E-state index in [0.29, 0.717) is 12.4 Å². The maximum Gasteiger partial charge on any atom is 0.491 e. The minimum Gasteiger partial charge on any atom is -0.492 e. The van der Waals surface area contributed by atoms with Crippen LogP contribution in [0, 0.1) is 5.82 Å². The number of likely N-dealkylation sites (N-methyl/N-ethyl adjacent to an activating group) is 1. The third kappa shape index (κ3) is 5.06. The highest BCUT2D eigenvalue weighted by atomic mass is 19.1. The maximum absolute atomic E-state index is 13.7. The lowest BCUT2D eigenvalue weighted by molar-refractivity contribution is 0.184. The molecule has 0 fully saturated rings. The van der Waals surface area contributed by atoms with Crippen LogP contribution in [0.15, 0.2) is 48.5 Å². The topological polar surface area (TPSA) is 52.9 Å². The van der Waals surface area contributed by atoms with Crippen LogP contribution in [0.3, 0.4) is 0 Å². The highest BCUT2D eigenvalue weighted by molar-refractivity contribution is 6.58. The highest BCUT2D eigenvalue weighted by Gasteiger charge is 2.18. The quantitative estimate of drug-likeness (QED) is 0.750. The van der Waals surface area contributed by atoms with Gasteiger partial charge >= 0.3 is 7.12 Å². The minimum atomic E-state index is -1.82. The summed E-state index contributed by atoms with van der Waals surface area (Å²) in [6.07, 6.45) is 0.823. The van der Waals surface area contributed by atoms with Crippen LogP contribution >= 0.6 is 0 Å². The van der Waals surface area contributed by atoms with Gasteiger partial charge in [-0.1, -0.05) is 36.4 Å². The Morgan fingerprint density at radius 2 is 1.83 bits per heavy atom. The van der Waals surface area contributed by atoms with Crippen LogP contribution in [-0.4, -0.2) is 48.8 Å². The molecule has 0 saturated heterocycles. The van der Waals surface area contributed by atoms with E-state index in [1.807, 2.05) is 32.3 Å². The summed E-state index contributed by atoms with van der Waals surface area (Å²) in [6, 6.07) is 14.3. The van der Waals surface area contributed by atoms with E-state index in [1.54, 1.807) is 0 Å². The summed E-state index contributed by atoms with van der Waals surface area (Å²) in [5.41, 5.74) is 1.05. The van der Waals surface area contributed by atoms with Crippen LogP contribution < -0.4 is 10.2 Å². The van der Waals surface area contributed by atoms with Gasteiger partial charge in [0.2, 0.25) is 0 Å². The molecule has 1 atom stereocenters. The monoisotopic (exact) mass is 317 g/mol. The molecule has 122 valence electrons. The van der Waals surface area contributed by atoms with Crippen molar-refractivity contribution in [1.29, 1.82) is 0 Å². The van der Waals surface area contributed by atoms with Crippen LogP contribution in [0.1, 0.15) is 5.56 Å². The van der Waals surface area contributed by atoms with E-state index in [2.05, 4.69) is 17.0 Å². The predicted molar refractivity (Wildman–Crippen MR) is 89.3 cm³/mol. The van der Waals surface area contributed by atoms with Gasteiger partial charge in [-0.05, 0) is 32.1 Å². The SMILES string of the molecule is CN(C)[C@H](COc1ccc(B(O)O)c(F)c1)Cc1ccccc1. The standard InChI is InChI=1S/C17H21BFNO3/c1-20(2)14(10-13-6-4-3-5-7-13)12-23-15-8-9-16(18(21)22)17(19)11-15/h3-9,11,14,21-22H,10,12H2,1-2H3/t14-/m0/s1. The second-order valence-electron chi connectivity index (χ2n) is 5.68. The molecule has 0 aliphatic rings. The molecule has 2 aromatic carbocycles. The van der Waals surface area contributed by atoms with Crippen LogP contribution in [0.4, 0.5) is 4.39 Å². The van der Waals surface area contributed by atoms with Crippen LogP contribution in [0.25, 0.3) is 0 Å². The molecule has 0 aromatic heterocycles. The van der Waals surface area contributed by atoms with E-state index in [4.69, 9.17) is 14.8 Å². The zero-order chi connectivity index (χ0) is 16.8. The zero-order valence-corrected chi connectivity index (χ0v) is 13.3. The molecular weight excluding hydrogens is 296 g/mol. The third-order valence-corrected chi connectivity index (χ3v) is 3.74. The fourth-order valence-corrected chi connectivity index (χ4v) is 2.28. The van der Waals surface area contributed by atoms with Crippen molar-refractivity contribution < 1.29 is 19.2 Å². The summed E-state index contributed by atoms with van der Waals surface area (Å²) < 4.78 is 19.4. The van der Waals surface area contributed by atoms with Crippen molar-refractivity contribution in [3.63, 3.8) is 0 Å². The molecule has 23 heavy (non-hydrogen) atoms. The van der Waals surface area contributed by atoms with Crippen molar-refractivity contribution in [2.45, 2.75) is 12.5 Å². The number of nitrogens with zero attached hydrogens (tertiary/aromatic N) is 1. The molecule has 0 radical (unpaired) electrons. The van der Waals surface area contributed by atoms with Gasteiger partial charge in [0.05, 0.1) is 0 Å². The van der Waals surface area contributed by atoms with Crippen LogP contribution in [0.2, 0.25) is 0 Å². The Labute approximate surface area is 136 Å². The van der Waals surface area contributed by atoms with E-state index in [9.17, 15) is 4.39 Å². The first-order valence-corrected chi connectivity index (χ1v) is 7.46. The Morgan fingerprint density at radius 3 is 2.39 bits per heavy atom. The van der Waals surface area contributed by atoms with Gasteiger partial charge in [0.1, 0.15) is 18.2 Å². The molecule has 0 aliphatic heterocycles. The van der Waals surface area contributed by atoms with E-state index in [0.717, 1.165) is 6.42 Å². The lowest BCUT2D eigenvalue weighted by atomic mass is 9.80. The predicted octanol–water partition coefficient (Wildman–Crippen LogP) is 1.06. The Morgan fingerprint density at radius 1 is 1.13 bits per heavy atom. The molecule has 2 N–H and O–H groups in total. The molecule has 0 heterocycles. The lowest BCUT2D eigenvalue weighted by Gasteiger charge is -2.24. The summed E-state index contributed by atoms with van der Waals surface area (Å²) in [7, 11) is 2.13. The molecular formula is C17H21BFNO3. The molecule has 0 aliphatic carbocycles. The molecule has 0 unspecified atom stereocenters. The number of benzene rings is 2. The Kier molecular flexibility index (Phi) is 6.16. The fraction of sp³-hybridized carbons (Fsp3) is 0.294. The van der Waals surface area contributed by atoms with Gasteiger partial charge < -0.3 is 19.7 Å². The van der Waals surface area contributed by atoms with E-state index in [-0.39, 0.29) is 11.5 Å². The minimum absolute atomic E-state index is 0.142. The van der Waals surface area contributed by atoms with Gasteiger partial charge in [-0.3, -0.25) is 0 Å². The molecule has 0 amide bonds. The zero-order valence-electron chi connectivity index (χ0n) is 13.3. The Balaban J connectivity index is 2.00. The molecule has 0 bridgehead atoms. The first kappa shape index (κ1) is 17.5. The molecule has 4 nitrogen and oxygen atoms in total. The molecule has 0 saturated carbocycles. The number of hydrogen-bond acceptors (Lipinski definition) is 4. The van der Waals surface area contributed by atoms with Crippen LogP contribution in [-0.2, 0) is 6.42 Å². The Bertz CT molecular complexity index is 622. The third-order valence-electron chi connectivity index (χ3n) is 3.74. The van der Waals surface area contributed by atoms with Crippen molar-refractivity contribution in [1.82, 2.24) is 4.90 Å². The van der Waals surface area contributed by atoms with Gasteiger partial charge in [-0.25, -0.2) is 4.39 Å². The summed E-state index contributed by atoms with van der Waals surface area (Å²) in [6.45, 7) is 0.405. The van der Waals surface area contributed by atoms with Gasteiger partial charge in [0.15, 0.2) is 0 Å². The number of rotatable bonds is 7. The second kappa shape index (κ2) is 8.10. The normalized spacial score (nSPS) is 12.3. The molecule has 2 rings (SSSR count). The smallest absolute Gasteiger partial charge is 0.491 e. The second-order valence-corrected chi connectivity index (χ2v) is 5.68.